The van der Waals surface area contributed by atoms with Gasteiger partial charge in [-0.25, -0.2) is 13.2 Å². The maximum atomic E-state index is 13.3. The van der Waals surface area contributed by atoms with Crippen molar-refractivity contribution in [3.05, 3.63) is 74.7 Å². The molecule has 1 aliphatic heterocycles. The van der Waals surface area contributed by atoms with E-state index in [1.54, 1.807) is 4.90 Å². The van der Waals surface area contributed by atoms with Crippen LogP contribution in [0.1, 0.15) is 22.3 Å². The lowest BCUT2D eigenvalue weighted by Crippen LogP contribution is -2.38. The summed E-state index contributed by atoms with van der Waals surface area (Å²) in [6, 6.07) is 12.3. The average Bonchev–Trinajstić information content (AvgIpc) is 2.91. The molecule has 206 valence electrons. The van der Waals surface area contributed by atoms with Gasteiger partial charge in [0.1, 0.15) is 16.4 Å². The Morgan fingerprint density at radius 3 is 2.38 bits per heavy atom. The molecular weight excluding hydrogens is 591 g/mol. The molecule has 0 radical (unpaired) electrons. The van der Waals surface area contributed by atoms with E-state index in [0.717, 1.165) is 36.2 Å². The van der Waals surface area contributed by atoms with Crippen LogP contribution < -0.4 is 19.1 Å². The summed E-state index contributed by atoms with van der Waals surface area (Å²) in [4.78, 5) is 26.8. The number of nitrogens with one attached hydrogen (secondary N) is 1. The standard InChI is InChI=1S/C26H23Cl3N2O7S/c1-36-22-13-23(37-2)20(12-18(22)28)30-39(34,35)24-10-16(17(27)11-19(24)29)26(33)38-14-25(32)31-9-5-7-15-6-3-4-8-21(15)31/h3-4,6,8,10-13,30H,5,7,9,14H2,1-2H3. The first-order valence-electron chi connectivity index (χ1n) is 11.5. The highest BCUT2D eigenvalue weighted by Crippen LogP contribution is 2.38. The minimum atomic E-state index is -4.37. The highest BCUT2D eigenvalue weighted by Gasteiger charge is 2.27. The van der Waals surface area contributed by atoms with Crippen LogP contribution in [0.4, 0.5) is 11.4 Å². The normalized spacial score (nSPS) is 12.9. The fourth-order valence-electron chi connectivity index (χ4n) is 4.11. The smallest absolute Gasteiger partial charge is 0.340 e. The first kappa shape index (κ1) is 28.8. The van der Waals surface area contributed by atoms with Crippen molar-refractivity contribution in [1.29, 1.82) is 0 Å². The highest BCUT2D eigenvalue weighted by atomic mass is 35.5. The molecule has 9 nitrogen and oxygen atoms in total. The number of nitrogens with zero attached hydrogens (tertiary/aromatic N) is 1. The molecule has 39 heavy (non-hydrogen) atoms. The highest BCUT2D eigenvalue weighted by molar-refractivity contribution is 7.92. The number of hydrogen-bond donors (Lipinski definition) is 1. The number of para-hydroxylation sites is 1. The largest absolute Gasteiger partial charge is 0.495 e. The second-order valence-electron chi connectivity index (χ2n) is 8.41. The molecule has 0 unspecified atom stereocenters. The lowest BCUT2D eigenvalue weighted by atomic mass is 10.0. The molecule has 4 rings (SSSR count). The van der Waals surface area contributed by atoms with Gasteiger partial charge in [0.15, 0.2) is 6.61 Å². The number of amides is 1. The van der Waals surface area contributed by atoms with Crippen LogP contribution in [-0.4, -0.2) is 47.7 Å². The number of carbonyl (C=O) groups excluding carboxylic acids is 2. The van der Waals surface area contributed by atoms with Gasteiger partial charge in [0.05, 0.1) is 40.5 Å². The Bertz CT molecular complexity index is 1550. The summed E-state index contributed by atoms with van der Waals surface area (Å²) in [6.07, 6.45) is 1.62. The number of ether oxygens (including phenoxy) is 3. The molecule has 1 amide bonds. The molecule has 0 aromatic heterocycles. The van der Waals surface area contributed by atoms with Crippen molar-refractivity contribution in [1.82, 2.24) is 0 Å². The van der Waals surface area contributed by atoms with Crippen LogP contribution in [0.3, 0.4) is 0 Å². The Labute approximate surface area is 240 Å². The molecule has 1 heterocycles. The third-order valence-electron chi connectivity index (χ3n) is 5.99. The summed E-state index contributed by atoms with van der Waals surface area (Å²) < 4.78 is 44.4. The van der Waals surface area contributed by atoms with E-state index in [1.165, 1.54) is 26.4 Å². The van der Waals surface area contributed by atoms with Gasteiger partial charge in [-0.15, -0.1) is 0 Å². The molecule has 0 saturated heterocycles. The summed E-state index contributed by atoms with van der Waals surface area (Å²) in [6.45, 7) is -0.0734. The maximum Gasteiger partial charge on any atom is 0.340 e. The van der Waals surface area contributed by atoms with E-state index in [9.17, 15) is 18.0 Å². The Balaban J connectivity index is 1.55. The van der Waals surface area contributed by atoms with Crippen LogP contribution in [0.15, 0.2) is 53.4 Å². The van der Waals surface area contributed by atoms with E-state index in [-0.39, 0.29) is 37.8 Å². The molecule has 1 aliphatic rings. The van der Waals surface area contributed by atoms with Crippen LogP contribution >= 0.6 is 34.8 Å². The summed E-state index contributed by atoms with van der Waals surface area (Å²) in [5, 5.41) is -0.267. The van der Waals surface area contributed by atoms with Gasteiger partial charge in [-0.05, 0) is 42.7 Å². The monoisotopic (exact) mass is 612 g/mol. The molecular formula is C26H23Cl3N2O7S. The van der Waals surface area contributed by atoms with E-state index < -0.39 is 33.4 Å². The van der Waals surface area contributed by atoms with Gasteiger partial charge >= 0.3 is 5.97 Å². The summed E-state index contributed by atoms with van der Waals surface area (Å²) in [5.41, 5.74) is 1.52. The number of hydrogen-bond acceptors (Lipinski definition) is 7. The number of anilines is 2. The summed E-state index contributed by atoms with van der Waals surface area (Å²) in [5.74, 6) is -1.01. The molecule has 0 saturated carbocycles. The van der Waals surface area contributed by atoms with Gasteiger partial charge in [0, 0.05) is 18.3 Å². The van der Waals surface area contributed by atoms with Crippen molar-refractivity contribution >= 4 is 68.1 Å². The SMILES string of the molecule is COc1cc(OC)c(NS(=O)(=O)c2cc(C(=O)OCC(=O)N3CCCc4ccccc43)c(Cl)cc2Cl)cc1Cl. The van der Waals surface area contributed by atoms with Crippen LogP contribution in [0.25, 0.3) is 0 Å². The third-order valence-corrected chi connectivity index (χ3v) is 8.43. The minimum absolute atomic E-state index is 0.00542. The van der Waals surface area contributed by atoms with Gasteiger partial charge in [-0.1, -0.05) is 53.0 Å². The Morgan fingerprint density at radius 1 is 0.949 bits per heavy atom. The minimum Gasteiger partial charge on any atom is -0.495 e. The van der Waals surface area contributed by atoms with Crippen molar-refractivity contribution in [3.63, 3.8) is 0 Å². The van der Waals surface area contributed by atoms with E-state index in [4.69, 9.17) is 49.0 Å². The van der Waals surface area contributed by atoms with Crippen molar-refractivity contribution < 1.29 is 32.2 Å². The zero-order valence-electron chi connectivity index (χ0n) is 20.8. The quantitative estimate of drug-likeness (QED) is 0.329. The predicted molar refractivity (Wildman–Crippen MR) is 149 cm³/mol. The van der Waals surface area contributed by atoms with E-state index in [0.29, 0.717) is 6.54 Å². The number of rotatable bonds is 8. The number of aryl methyl sites for hydroxylation is 1. The number of methoxy groups -OCH3 is 2. The van der Waals surface area contributed by atoms with E-state index in [2.05, 4.69) is 4.72 Å². The van der Waals surface area contributed by atoms with Crippen molar-refractivity contribution in [3.8, 4) is 11.5 Å². The first-order valence-corrected chi connectivity index (χ1v) is 14.2. The number of fused-ring (bicyclic) bond motifs is 1. The number of esters is 1. The molecule has 3 aromatic rings. The van der Waals surface area contributed by atoms with Crippen molar-refractivity contribution in [2.45, 2.75) is 17.7 Å². The summed E-state index contributed by atoms with van der Waals surface area (Å²) >= 11 is 18.5. The maximum absolute atomic E-state index is 13.3. The van der Waals surface area contributed by atoms with Gasteiger partial charge < -0.3 is 19.1 Å². The molecule has 0 atom stereocenters. The molecule has 0 spiro atoms. The molecule has 1 N–H and O–H groups in total. The Morgan fingerprint density at radius 2 is 1.67 bits per heavy atom. The average molecular weight is 614 g/mol. The van der Waals surface area contributed by atoms with Gasteiger partial charge in [0.2, 0.25) is 0 Å². The second kappa shape index (κ2) is 11.9. The molecule has 13 heteroatoms. The first-order chi connectivity index (χ1) is 18.6. The second-order valence-corrected chi connectivity index (χ2v) is 11.3. The molecule has 0 fully saturated rings. The van der Waals surface area contributed by atoms with Crippen molar-refractivity contribution in [2.75, 3.05) is 37.0 Å². The fourth-order valence-corrected chi connectivity index (χ4v) is 6.26. The molecule has 0 bridgehead atoms. The van der Waals surface area contributed by atoms with Crippen LogP contribution in [0.5, 0.6) is 11.5 Å². The number of benzene rings is 3. The van der Waals surface area contributed by atoms with Crippen molar-refractivity contribution in [2.24, 2.45) is 0 Å². The lowest BCUT2D eigenvalue weighted by molar-refractivity contribution is -0.121. The topological polar surface area (TPSA) is 111 Å². The third kappa shape index (κ3) is 6.19. The number of halogens is 3. The van der Waals surface area contributed by atoms with Gasteiger partial charge in [-0.3, -0.25) is 9.52 Å². The molecule has 3 aromatic carbocycles. The lowest BCUT2D eigenvalue weighted by Gasteiger charge is -2.29. The Hall–Kier alpha value is -3.18. The summed E-state index contributed by atoms with van der Waals surface area (Å²) in [7, 11) is -1.63. The van der Waals surface area contributed by atoms with E-state index in [1.807, 2.05) is 24.3 Å². The Kier molecular flexibility index (Phi) is 8.80. The zero-order valence-corrected chi connectivity index (χ0v) is 23.9. The van der Waals surface area contributed by atoms with Crippen LogP contribution in [0, 0.1) is 0 Å². The fraction of sp³-hybridized carbons (Fsp3) is 0.231. The van der Waals surface area contributed by atoms with Crippen LogP contribution in [-0.2, 0) is 26.0 Å². The number of sulfonamides is 1. The van der Waals surface area contributed by atoms with E-state index >= 15 is 0 Å². The van der Waals surface area contributed by atoms with Gasteiger partial charge in [-0.2, -0.15) is 0 Å². The molecule has 0 aliphatic carbocycles. The zero-order chi connectivity index (χ0) is 28.3. The predicted octanol–water partition coefficient (Wildman–Crippen LogP) is 5.60. The van der Waals surface area contributed by atoms with Gasteiger partial charge in [0.25, 0.3) is 15.9 Å². The number of carbonyl (C=O) groups is 2. The van der Waals surface area contributed by atoms with Crippen LogP contribution in [0.2, 0.25) is 15.1 Å².